The fraction of sp³-hybridized carbons (Fsp3) is 0.429. The first kappa shape index (κ1) is 10.3. The lowest BCUT2D eigenvalue weighted by Gasteiger charge is -2.00. The molecular formula is C7H8BrClN2S. The van der Waals surface area contributed by atoms with Gasteiger partial charge in [0.2, 0.25) is 5.28 Å². The van der Waals surface area contributed by atoms with Crippen LogP contribution in [0.25, 0.3) is 0 Å². The van der Waals surface area contributed by atoms with Gasteiger partial charge in [-0.3, -0.25) is 0 Å². The molecule has 0 fully saturated rings. The highest BCUT2D eigenvalue weighted by Gasteiger charge is 2.02. The summed E-state index contributed by atoms with van der Waals surface area (Å²) in [7, 11) is 0. The molecular weight excluding hydrogens is 260 g/mol. The molecule has 12 heavy (non-hydrogen) atoms. The van der Waals surface area contributed by atoms with Crippen molar-refractivity contribution in [2.24, 2.45) is 0 Å². The molecule has 0 bridgehead atoms. The van der Waals surface area contributed by atoms with Crippen LogP contribution in [-0.4, -0.2) is 15.7 Å². The van der Waals surface area contributed by atoms with Crippen LogP contribution in [0.1, 0.15) is 13.3 Å². The Morgan fingerprint density at radius 1 is 1.67 bits per heavy atom. The van der Waals surface area contributed by atoms with E-state index in [2.05, 4.69) is 32.8 Å². The molecule has 0 aliphatic carbocycles. The van der Waals surface area contributed by atoms with Crippen molar-refractivity contribution in [1.29, 1.82) is 0 Å². The molecule has 0 amide bonds. The van der Waals surface area contributed by atoms with Gasteiger partial charge in [0.15, 0.2) is 0 Å². The molecule has 0 aliphatic heterocycles. The molecule has 66 valence electrons. The summed E-state index contributed by atoms with van der Waals surface area (Å²) in [5.41, 5.74) is 0. The van der Waals surface area contributed by atoms with E-state index in [0.717, 1.165) is 21.7 Å². The van der Waals surface area contributed by atoms with E-state index in [1.165, 1.54) is 0 Å². The van der Waals surface area contributed by atoms with E-state index in [1.807, 2.05) is 0 Å². The van der Waals surface area contributed by atoms with Crippen LogP contribution in [-0.2, 0) is 0 Å². The number of nitrogens with zero attached hydrogens (tertiary/aromatic N) is 2. The largest absolute Gasteiger partial charge is 0.225 e. The van der Waals surface area contributed by atoms with Gasteiger partial charge in [-0.2, -0.15) is 0 Å². The summed E-state index contributed by atoms with van der Waals surface area (Å²) < 4.78 is 0.908. The van der Waals surface area contributed by atoms with Crippen LogP contribution in [0.4, 0.5) is 0 Å². The van der Waals surface area contributed by atoms with E-state index in [4.69, 9.17) is 11.6 Å². The lowest BCUT2D eigenvalue weighted by molar-refractivity contribution is 1.02. The molecule has 0 radical (unpaired) electrons. The standard InChI is InChI=1S/C7H8BrClN2S/c1-2-3-12-6-5(8)4-10-7(9)11-6/h4H,2-3H2,1H3. The number of thioether (sulfide) groups is 1. The Bertz CT molecular complexity index is 270. The second kappa shape index (κ2) is 5.04. The lowest BCUT2D eigenvalue weighted by atomic mass is 10.6. The molecule has 0 saturated carbocycles. The molecule has 0 aromatic carbocycles. The fourth-order valence-electron chi connectivity index (χ4n) is 0.631. The van der Waals surface area contributed by atoms with Gasteiger partial charge >= 0.3 is 0 Å². The molecule has 1 aromatic heterocycles. The molecule has 0 saturated heterocycles. The lowest BCUT2D eigenvalue weighted by Crippen LogP contribution is -1.87. The molecule has 5 heteroatoms. The number of rotatable bonds is 3. The first-order chi connectivity index (χ1) is 5.74. The van der Waals surface area contributed by atoms with Gasteiger partial charge in [0.1, 0.15) is 5.03 Å². The number of aromatic nitrogens is 2. The van der Waals surface area contributed by atoms with Crippen LogP contribution in [0.3, 0.4) is 0 Å². The van der Waals surface area contributed by atoms with Gasteiger partial charge in [0.25, 0.3) is 0 Å². The van der Waals surface area contributed by atoms with Crippen molar-refractivity contribution < 1.29 is 0 Å². The zero-order chi connectivity index (χ0) is 8.97. The fourth-order valence-corrected chi connectivity index (χ4v) is 2.09. The van der Waals surface area contributed by atoms with Crippen molar-refractivity contribution >= 4 is 39.3 Å². The zero-order valence-corrected chi connectivity index (χ0v) is 9.71. The molecule has 1 aromatic rings. The Morgan fingerprint density at radius 2 is 2.42 bits per heavy atom. The predicted molar refractivity (Wildman–Crippen MR) is 55.8 cm³/mol. The van der Waals surface area contributed by atoms with E-state index in [-0.39, 0.29) is 0 Å². The summed E-state index contributed by atoms with van der Waals surface area (Å²) in [6.45, 7) is 2.13. The third kappa shape index (κ3) is 2.92. The molecule has 1 heterocycles. The number of hydrogen-bond acceptors (Lipinski definition) is 3. The maximum atomic E-state index is 5.64. The van der Waals surface area contributed by atoms with Gasteiger partial charge in [-0.15, -0.1) is 11.8 Å². The van der Waals surface area contributed by atoms with Gasteiger partial charge < -0.3 is 0 Å². The minimum Gasteiger partial charge on any atom is -0.225 e. The summed E-state index contributed by atoms with van der Waals surface area (Å²) in [6, 6.07) is 0. The normalized spacial score (nSPS) is 10.2. The maximum absolute atomic E-state index is 5.64. The van der Waals surface area contributed by atoms with Crippen LogP contribution in [0.2, 0.25) is 5.28 Å². The Labute approximate surface area is 89.3 Å². The van der Waals surface area contributed by atoms with Gasteiger partial charge in [-0.05, 0) is 39.7 Å². The van der Waals surface area contributed by atoms with Crippen LogP contribution in [0.15, 0.2) is 15.7 Å². The average Bonchev–Trinajstić information content (AvgIpc) is 2.07. The van der Waals surface area contributed by atoms with Crippen molar-refractivity contribution in [3.05, 3.63) is 16.0 Å². The highest BCUT2D eigenvalue weighted by atomic mass is 79.9. The van der Waals surface area contributed by atoms with Crippen LogP contribution in [0.5, 0.6) is 0 Å². The van der Waals surface area contributed by atoms with Crippen LogP contribution < -0.4 is 0 Å². The summed E-state index contributed by atoms with van der Waals surface area (Å²) >= 11 is 10.7. The summed E-state index contributed by atoms with van der Waals surface area (Å²) in [5, 5.41) is 1.22. The topological polar surface area (TPSA) is 25.8 Å². The second-order valence-electron chi connectivity index (χ2n) is 2.14. The summed E-state index contributed by atoms with van der Waals surface area (Å²) in [4.78, 5) is 7.92. The van der Waals surface area contributed by atoms with E-state index in [0.29, 0.717) is 5.28 Å². The van der Waals surface area contributed by atoms with Crippen LogP contribution in [0, 0.1) is 0 Å². The Morgan fingerprint density at radius 3 is 3.08 bits per heavy atom. The number of halogens is 2. The van der Waals surface area contributed by atoms with E-state index < -0.39 is 0 Å². The van der Waals surface area contributed by atoms with E-state index >= 15 is 0 Å². The second-order valence-corrected chi connectivity index (χ2v) is 4.42. The Hall–Kier alpha value is 0.200. The van der Waals surface area contributed by atoms with Crippen molar-refractivity contribution in [2.45, 2.75) is 18.4 Å². The van der Waals surface area contributed by atoms with Gasteiger partial charge in [-0.1, -0.05) is 6.92 Å². The van der Waals surface area contributed by atoms with E-state index in [9.17, 15) is 0 Å². The first-order valence-corrected chi connectivity index (χ1v) is 5.70. The molecule has 0 aliphatic rings. The minimum absolute atomic E-state index is 0.303. The van der Waals surface area contributed by atoms with Crippen molar-refractivity contribution in [2.75, 3.05) is 5.75 Å². The SMILES string of the molecule is CCCSc1nc(Cl)ncc1Br. The van der Waals surface area contributed by atoms with Crippen molar-refractivity contribution in [1.82, 2.24) is 9.97 Å². The van der Waals surface area contributed by atoms with Gasteiger partial charge in [0.05, 0.1) is 4.47 Å². The molecule has 0 N–H and O–H groups in total. The average molecular weight is 268 g/mol. The third-order valence-electron chi connectivity index (χ3n) is 1.13. The Balaban J connectivity index is 2.75. The number of hydrogen-bond donors (Lipinski definition) is 0. The van der Waals surface area contributed by atoms with Crippen molar-refractivity contribution in [3.8, 4) is 0 Å². The summed E-state index contributed by atoms with van der Waals surface area (Å²) in [6.07, 6.45) is 2.80. The quantitative estimate of drug-likeness (QED) is 0.477. The molecule has 0 unspecified atom stereocenters. The summed E-state index contributed by atoms with van der Waals surface area (Å²) in [5.74, 6) is 1.05. The molecule has 0 atom stereocenters. The highest BCUT2D eigenvalue weighted by Crippen LogP contribution is 2.25. The minimum atomic E-state index is 0.303. The maximum Gasteiger partial charge on any atom is 0.223 e. The van der Waals surface area contributed by atoms with Crippen molar-refractivity contribution in [3.63, 3.8) is 0 Å². The molecule has 1 rings (SSSR count). The predicted octanol–water partition coefficient (Wildman–Crippen LogP) is 3.39. The van der Waals surface area contributed by atoms with Crippen LogP contribution >= 0.6 is 39.3 Å². The monoisotopic (exact) mass is 266 g/mol. The van der Waals surface area contributed by atoms with E-state index in [1.54, 1.807) is 18.0 Å². The molecule has 0 spiro atoms. The smallest absolute Gasteiger partial charge is 0.223 e. The third-order valence-corrected chi connectivity index (χ3v) is 3.35. The van der Waals surface area contributed by atoms with Gasteiger partial charge in [-0.25, -0.2) is 9.97 Å². The zero-order valence-electron chi connectivity index (χ0n) is 6.55. The van der Waals surface area contributed by atoms with Gasteiger partial charge in [0, 0.05) is 6.20 Å². The first-order valence-electron chi connectivity index (χ1n) is 3.55. The highest BCUT2D eigenvalue weighted by molar-refractivity contribution is 9.10. The molecule has 2 nitrogen and oxygen atoms in total. The Kier molecular flexibility index (Phi) is 4.32.